The van der Waals surface area contributed by atoms with Crippen LogP contribution in [-0.4, -0.2) is 46.4 Å². The van der Waals surface area contributed by atoms with Gasteiger partial charge in [0.2, 0.25) is 0 Å². The fourth-order valence-corrected chi connectivity index (χ4v) is 3.47. The average molecular weight is 248 g/mol. The molecule has 1 N–H and O–H groups in total. The highest BCUT2D eigenvalue weighted by Crippen LogP contribution is 2.31. The first kappa shape index (κ1) is 12.2. The minimum absolute atomic E-state index is 0.431. The van der Waals surface area contributed by atoms with Crippen molar-refractivity contribution in [1.29, 1.82) is 0 Å². The predicted molar refractivity (Wildman–Crippen MR) is 72.5 cm³/mol. The summed E-state index contributed by atoms with van der Waals surface area (Å²) in [4.78, 5) is 2.63. The molecule has 0 bridgehead atoms. The van der Waals surface area contributed by atoms with Crippen molar-refractivity contribution < 1.29 is 0 Å². The molecule has 3 rings (SSSR count). The molecule has 0 amide bonds. The normalized spacial score (nSPS) is 24.4. The standard InChI is InChI=1S/C14H24N4/c1-2-6-14(5-1)13-17(9-3-7-15-14)11-12-18-10-4-8-16-18/h4,8,10,15H,1-3,5-7,9,11-13H2. The number of hydrogen-bond acceptors (Lipinski definition) is 3. The molecule has 0 radical (unpaired) electrons. The van der Waals surface area contributed by atoms with Crippen molar-refractivity contribution in [2.24, 2.45) is 0 Å². The van der Waals surface area contributed by atoms with E-state index in [4.69, 9.17) is 0 Å². The first-order valence-corrected chi connectivity index (χ1v) is 7.31. The minimum Gasteiger partial charge on any atom is -0.310 e. The zero-order chi connectivity index (χ0) is 12.3. The summed E-state index contributed by atoms with van der Waals surface area (Å²) < 4.78 is 2.04. The van der Waals surface area contributed by atoms with Gasteiger partial charge >= 0.3 is 0 Å². The summed E-state index contributed by atoms with van der Waals surface area (Å²) in [5.41, 5.74) is 0.431. The maximum Gasteiger partial charge on any atom is 0.0536 e. The summed E-state index contributed by atoms with van der Waals surface area (Å²) in [6, 6.07) is 2.00. The summed E-state index contributed by atoms with van der Waals surface area (Å²) in [5.74, 6) is 0. The quantitative estimate of drug-likeness (QED) is 0.880. The van der Waals surface area contributed by atoms with Gasteiger partial charge in [-0.3, -0.25) is 9.58 Å². The van der Waals surface area contributed by atoms with E-state index in [-0.39, 0.29) is 0 Å². The minimum atomic E-state index is 0.431. The zero-order valence-electron chi connectivity index (χ0n) is 11.1. The third-order valence-corrected chi connectivity index (χ3v) is 4.44. The van der Waals surface area contributed by atoms with E-state index in [0.29, 0.717) is 5.54 Å². The van der Waals surface area contributed by atoms with Crippen LogP contribution < -0.4 is 5.32 Å². The van der Waals surface area contributed by atoms with E-state index < -0.39 is 0 Å². The molecular formula is C14H24N4. The van der Waals surface area contributed by atoms with Crippen LogP contribution >= 0.6 is 0 Å². The fraction of sp³-hybridized carbons (Fsp3) is 0.786. The maximum atomic E-state index is 4.29. The number of rotatable bonds is 3. The van der Waals surface area contributed by atoms with Crippen molar-refractivity contribution in [2.45, 2.75) is 44.2 Å². The second-order valence-corrected chi connectivity index (χ2v) is 5.81. The van der Waals surface area contributed by atoms with E-state index in [1.165, 1.54) is 51.7 Å². The van der Waals surface area contributed by atoms with Gasteiger partial charge in [-0.15, -0.1) is 0 Å². The number of aromatic nitrogens is 2. The Morgan fingerprint density at radius 1 is 1.17 bits per heavy atom. The molecule has 2 aliphatic rings. The largest absolute Gasteiger partial charge is 0.310 e. The zero-order valence-corrected chi connectivity index (χ0v) is 11.1. The van der Waals surface area contributed by atoms with Gasteiger partial charge in [-0.25, -0.2) is 0 Å². The lowest BCUT2D eigenvalue weighted by atomic mass is 9.97. The SMILES string of the molecule is c1cnn(CCN2CCCNC3(CCCC3)C2)c1. The van der Waals surface area contributed by atoms with Gasteiger partial charge in [-0.05, 0) is 38.4 Å². The van der Waals surface area contributed by atoms with Crippen LogP contribution in [0.4, 0.5) is 0 Å². The third kappa shape index (κ3) is 2.75. The number of nitrogens with zero attached hydrogens (tertiary/aromatic N) is 3. The van der Waals surface area contributed by atoms with E-state index >= 15 is 0 Å². The van der Waals surface area contributed by atoms with E-state index in [2.05, 4.69) is 21.5 Å². The van der Waals surface area contributed by atoms with Gasteiger partial charge < -0.3 is 5.32 Å². The molecule has 1 aliphatic heterocycles. The van der Waals surface area contributed by atoms with Crippen molar-refractivity contribution in [2.75, 3.05) is 26.2 Å². The number of nitrogens with one attached hydrogen (secondary N) is 1. The summed E-state index contributed by atoms with van der Waals surface area (Å²) in [7, 11) is 0. The Kier molecular flexibility index (Phi) is 3.66. The van der Waals surface area contributed by atoms with Crippen LogP contribution in [0.2, 0.25) is 0 Å². The second-order valence-electron chi connectivity index (χ2n) is 5.81. The molecule has 2 heterocycles. The van der Waals surface area contributed by atoms with Crippen LogP contribution in [0.25, 0.3) is 0 Å². The lowest BCUT2D eigenvalue weighted by Gasteiger charge is -2.33. The maximum absolute atomic E-state index is 4.29. The van der Waals surface area contributed by atoms with E-state index in [0.717, 1.165) is 13.1 Å². The monoisotopic (exact) mass is 248 g/mol. The average Bonchev–Trinajstić information content (AvgIpc) is 2.99. The van der Waals surface area contributed by atoms with E-state index in [1.807, 2.05) is 16.9 Å². The molecular weight excluding hydrogens is 224 g/mol. The fourth-order valence-electron chi connectivity index (χ4n) is 3.47. The summed E-state index contributed by atoms with van der Waals surface area (Å²) in [5, 5.41) is 8.10. The molecule has 1 aromatic heterocycles. The van der Waals surface area contributed by atoms with Crippen molar-refractivity contribution in [3.05, 3.63) is 18.5 Å². The molecule has 100 valence electrons. The first-order chi connectivity index (χ1) is 8.86. The van der Waals surface area contributed by atoms with E-state index in [9.17, 15) is 0 Å². The van der Waals surface area contributed by atoms with Gasteiger partial charge in [0.1, 0.15) is 0 Å². The molecule has 2 fully saturated rings. The molecule has 4 nitrogen and oxygen atoms in total. The number of hydrogen-bond donors (Lipinski definition) is 1. The lowest BCUT2D eigenvalue weighted by molar-refractivity contribution is 0.202. The molecule has 1 aromatic rings. The lowest BCUT2D eigenvalue weighted by Crippen LogP contribution is -2.49. The Morgan fingerprint density at radius 3 is 2.83 bits per heavy atom. The Hall–Kier alpha value is -0.870. The van der Waals surface area contributed by atoms with Crippen LogP contribution in [0.1, 0.15) is 32.1 Å². The highest BCUT2D eigenvalue weighted by atomic mass is 15.3. The molecule has 0 atom stereocenters. The summed E-state index contributed by atoms with van der Waals surface area (Å²) in [6.45, 7) is 5.80. The van der Waals surface area contributed by atoms with Gasteiger partial charge in [0.05, 0.1) is 6.54 Å². The molecule has 18 heavy (non-hydrogen) atoms. The van der Waals surface area contributed by atoms with Crippen LogP contribution in [0.15, 0.2) is 18.5 Å². The highest BCUT2D eigenvalue weighted by Gasteiger charge is 2.36. The molecule has 1 saturated carbocycles. The Balaban J connectivity index is 1.57. The summed E-state index contributed by atoms with van der Waals surface area (Å²) in [6.07, 6.45) is 10.7. The molecule has 1 saturated heterocycles. The Bertz CT molecular complexity index is 354. The molecule has 1 spiro atoms. The molecule has 0 aromatic carbocycles. The molecule has 4 heteroatoms. The van der Waals surface area contributed by atoms with Crippen LogP contribution in [0.3, 0.4) is 0 Å². The molecule has 1 aliphatic carbocycles. The van der Waals surface area contributed by atoms with Crippen molar-refractivity contribution in [3.8, 4) is 0 Å². The van der Waals surface area contributed by atoms with Crippen molar-refractivity contribution in [1.82, 2.24) is 20.0 Å². The Morgan fingerprint density at radius 2 is 2.06 bits per heavy atom. The van der Waals surface area contributed by atoms with Crippen molar-refractivity contribution in [3.63, 3.8) is 0 Å². The summed E-state index contributed by atoms with van der Waals surface area (Å²) >= 11 is 0. The van der Waals surface area contributed by atoms with Crippen LogP contribution in [-0.2, 0) is 6.54 Å². The van der Waals surface area contributed by atoms with Gasteiger partial charge in [0, 0.05) is 31.0 Å². The third-order valence-electron chi connectivity index (χ3n) is 4.44. The smallest absolute Gasteiger partial charge is 0.0536 e. The Labute approximate surface area is 109 Å². The van der Waals surface area contributed by atoms with Crippen LogP contribution in [0, 0.1) is 0 Å². The first-order valence-electron chi connectivity index (χ1n) is 7.31. The van der Waals surface area contributed by atoms with Gasteiger partial charge in [-0.2, -0.15) is 5.10 Å². The van der Waals surface area contributed by atoms with Gasteiger partial charge in [0.15, 0.2) is 0 Å². The van der Waals surface area contributed by atoms with Gasteiger partial charge in [-0.1, -0.05) is 12.8 Å². The second kappa shape index (κ2) is 5.41. The van der Waals surface area contributed by atoms with Gasteiger partial charge in [0.25, 0.3) is 0 Å². The predicted octanol–water partition coefficient (Wildman–Crippen LogP) is 1.49. The topological polar surface area (TPSA) is 33.1 Å². The van der Waals surface area contributed by atoms with E-state index in [1.54, 1.807) is 0 Å². The van der Waals surface area contributed by atoms with Crippen molar-refractivity contribution >= 4 is 0 Å². The van der Waals surface area contributed by atoms with Crippen LogP contribution in [0.5, 0.6) is 0 Å². The highest BCUT2D eigenvalue weighted by molar-refractivity contribution is 4.96. The molecule has 0 unspecified atom stereocenters.